The average molecular weight is 287 g/mol. The summed E-state index contributed by atoms with van der Waals surface area (Å²) in [5.41, 5.74) is 8.03. The van der Waals surface area contributed by atoms with Crippen LogP contribution in [0.4, 0.5) is 10.2 Å². The fraction of sp³-hybridized carbons (Fsp3) is 0.353. The van der Waals surface area contributed by atoms with Crippen molar-refractivity contribution in [2.75, 3.05) is 12.3 Å². The number of halogens is 1. The van der Waals surface area contributed by atoms with Crippen molar-refractivity contribution in [1.82, 2.24) is 10.3 Å². The van der Waals surface area contributed by atoms with E-state index in [1.165, 1.54) is 17.7 Å². The highest BCUT2D eigenvalue weighted by atomic mass is 19.1. The third-order valence-corrected chi connectivity index (χ3v) is 3.41. The van der Waals surface area contributed by atoms with E-state index in [1.807, 2.05) is 24.3 Å². The molecule has 0 spiro atoms. The third kappa shape index (κ3) is 5.16. The van der Waals surface area contributed by atoms with Crippen molar-refractivity contribution >= 4 is 5.82 Å². The second-order valence-electron chi connectivity index (χ2n) is 5.27. The van der Waals surface area contributed by atoms with Gasteiger partial charge < -0.3 is 11.1 Å². The number of hydrogen-bond acceptors (Lipinski definition) is 3. The molecule has 3 N–H and O–H groups in total. The number of pyridine rings is 1. The Morgan fingerprint density at radius 3 is 2.52 bits per heavy atom. The van der Waals surface area contributed by atoms with Gasteiger partial charge in [-0.2, -0.15) is 0 Å². The number of hydrogen-bond donors (Lipinski definition) is 2. The number of aromatic nitrogens is 1. The summed E-state index contributed by atoms with van der Waals surface area (Å²) in [4.78, 5) is 4.02. The van der Waals surface area contributed by atoms with Gasteiger partial charge in [0.05, 0.1) is 0 Å². The van der Waals surface area contributed by atoms with Crippen LogP contribution in [0.5, 0.6) is 0 Å². The molecular formula is C17H22FN3. The highest BCUT2D eigenvalue weighted by molar-refractivity contribution is 5.32. The van der Waals surface area contributed by atoms with Gasteiger partial charge in [0.2, 0.25) is 0 Å². The molecule has 1 aromatic heterocycles. The molecular weight excluding hydrogens is 265 g/mol. The highest BCUT2D eigenvalue weighted by Crippen LogP contribution is 2.11. The lowest BCUT2D eigenvalue weighted by Gasteiger charge is -2.19. The Bertz CT molecular complexity index is 554. The van der Waals surface area contributed by atoms with Gasteiger partial charge in [-0.25, -0.2) is 9.37 Å². The first-order chi connectivity index (χ1) is 10.2. The lowest BCUT2D eigenvalue weighted by molar-refractivity contribution is 0.504. The van der Waals surface area contributed by atoms with Gasteiger partial charge >= 0.3 is 0 Å². The fourth-order valence-electron chi connectivity index (χ4n) is 2.38. The minimum atomic E-state index is -0.196. The van der Waals surface area contributed by atoms with E-state index in [2.05, 4.69) is 17.2 Å². The molecule has 0 aliphatic carbocycles. The van der Waals surface area contributed by atoms with Crippen LogP contribution in [0.25, 0.3) is 0 Å². The van der Waals surface area contributed by atoms with Gasteiger partial charge in [0.25, 0.3) is 0 Å². The number of nitrogens with zero attached hydrogens (tertiary/aromatic N) is 1. The molecule has 4 heteroatoms. The Balaban J connectivity index is 2.04. The topological polar surface area (TPSA) is 50.9 Å². The lowest BCUT2D eigenvalue weighted by atomic mass is 9.99. The minimum Gasteiger partial charge on any atom is -0.384 e. The van der Waals surface area contributed by atoms with Crippen molar-refractivity contribution < 1.29 is 4.39 Å². The van der Waals surface area contributed by atoms with Gasteiger partial charge in [-0.15, -0.1) is 0 Å². The summed E-state index contributed by atoms with van der Waals surface area (Å²) in [5, 5.41) is 3.55. The van der Waals surface area contributed by atoms with Crippen LogP contribution in [0.1, 0.15) is 24.5 Å². The summed E-state index contributed by atoms with van der Waals surface area (Å²) in [7, 11) is 0. The van der Waals surface area contributed by atoms with E-state index in [0.29, 0.717) is 11.9 Å². The molecule has 1 heterocycles. The van der Waals surface area contributed by atoms with Crippen molar-refractivity contribution in [3.05, 3.63) is 59.5 Å². The maximum absolute atomic E-state index is 13.0. The first-order valence-electron chi connectivity index (χ1n) is 7.35. The SMILES string of the molecule is CCCNC(Cc1ccc(F)cc1)Cc1ccnc(N)c1. The van der Waals surface area contributed by atoms with Gasteiger partial charge in [0.1, 0.15) is 11.6 Å². The zero-order valence-corrected chi connectivity index (χ0v) is 12.3. The highest BCUT2D eigenvalue weighted by Gasteiger charge is 2.10. The van der Waals surface area contributed by atoms with Crippen molar-refractivity contribution in [3.63, 3.8) is 0 Å². The quantitative estimate of drug-likeness (QED) is 0.823. The summed E-state index contributed by atoms with van der Waals surface area (Å²) in [6.45, 7) is 3.11. The van der Waals surface area contributed by atoms with Crippen LogP contribution < -0.4 is 11.1 Å². The molecule has 0 bridgehead atoms. The molecule has 2 aromatic rings. The Hall–Kier alpha value is -1.94. The Morgan fingerprint density at radius 2 is 1.86 bits per heavy atom. The summed E-state index contributed by atoms with van der Waals surface area (Å²) >= 11 is 0. The van der Waals surface area contributed by atoms with Crippen LogP contribution in [0.15, 0.2) is 42.6 Å². The van der Waals surface area contributed by atoms with E-state index in [1.54, 1.807) is 6.20 Å². The van der Waals surface area contributed by atoms with Gasteiger partial charge in [-0.3, -0.25) is 0 Å². The average Bonchev–Trinajstić information content (AvgIpc) is 2.47. The van der Waals surface area contributed by atoms with Crippen molar-refractivity contribution in [3.8, 4) is 0 Å². The van der Waals surface area contributed by atoms with Gasteiger partial charge in [-0.05, 0) is 61.2 Å². The van der Waals surface area contributed by atoms with Crippen LogP contribution in [0, 0.1) is 5.82 Å². The third-order valence-electron chi connectivity index (χ3n) is 3.41. The monoisotopic (exact) mass is 287 g/mol. The Morgan fingerprint density at radius 1 is 1.14 bits per heavy atom. The standard InChI is InChI=1S/C17H22FN3/c1-2-8-20-16(10-13-3-5-15(18)6-4-13)11-14-7-9-21-17(19)12-14/h3-7,9,12,16,20H,2,8,10-11H2,1H3,(H2,19,21). The van der Waals surface area contributed by atoms with Crippen LogP contribution >= 0.6 is 0 Å². The zero-order chi connectivity index (χ0) is 15.1. The minimum absolute atomic E-state index is 0.196. The number of nitrogens with two attached hydrogens (primary N) is 1. The molecule has 0 saturated carbocycles. The number of anilines is 1. The number of rotatable bonds is 7. The van der Waals surface area contributed by atoms with Gasteiger partial charge in [0.15, 0.2) is 0 Å². The molecule has 0 amide bonds. The second kappa shape index (κ2) is 7.74. The number of benzene rings is 1. The maximum atomic E-state index is 13.0. The van der Waals surface area contributed by atoms with Crippen molar-refractivity contribution in [1.29, 1.82) is 0 Å². The molecule has 0 saturated heterocycles. The smallest absolute Gasteiger partial charge is 0.123 e. The largest absolute Gasteiger partial charge is 0.384 e. The van der Waals surface area contributed by atoms with Crippen LogP contribution in [0.3, 0.4) is 0 Å². The fourth-order valence-corrected chi connectivity index (χ4v) is 2.38. The number of nitrogen functional groups attached to an aromatic ring is 1. The van der Waals surface area contributed by atoms with E-state index in [4.69, 9.17) is 5.73 Å². The van der Waals surface area contributed by atoms with E-state index < -0.39 is 0 Å². The van der Waals surface area contributed by atoms with Gasteiger partial charge in [-0.1, -0.05) is 19.1 Å². The molecule has 1 unspecified atom stereocenters. The molecule has 2 rings (SSSR count). The lowest BCUT2D eigenvalue weighted by Crippen LogP contribution is -2.33. The Labute approximate surface area is 125 Å². The zero-order valence-electron chi connectivity index (χ0n) is 12.3. The first-order valence-corrected chi connectivity index (χ1v) is 7.35. The molecule has 0 radical (unpaired) electrons. The van der Waals surface area contributed by atoms with E-state index in [0.717, 1.165) is 31.4 Å². The van der Waals surface area contributed by atoms with Gasteiger partial charge in [0, 0.05) is 12.2 Å². The van der Waals surface area contributed by atoms with E-state index in [9.17, 15) is 4.39 Å². The number of nitrogens with one attached hydrogen (secondary N) is 1. The van der Waals surface area contributed by atoms with E-state index in [-0.39, 0.29) is 5.82 Å². The van der Waals surface area contributed by atoms with Crippen LogP contribution in [0.2, 0.25) is 0 Å². The first kappa shape index (κ1) is 15.4. The molecule has 0 fully saturated rings. The predicted octanol–water partition coefficient (Wildman–Crippen LogP) is 2.96. The molecule has 112 valence electrons. The molecule has 21 heavy (non-hydrogen) atoms. The Kier molecular flexibility index (Phi) is 5.69. The molecule has 0 aliphatic rings. The summed E-state index contributed by atoms with van der Waals surface area (Å²) in [6.07, 6.45) is 4.56. The summed E-state index contributed by atoms with van der Waals surface area (Å²) in [6, 6.07) is 10.9. The van der Waals surface area contributed by atoms with Crippen molar-refractivity contribution in [2.45, 2.75) is 32.2 Å². The predicted molar refractivity (Wildman–Crippen MR) is 84.5 cm³/mol. The molecule has 3 nitrogen and oxygen atoms in total. The van der Waals surface area contributed by atoms with E-state index >= 15 is 0 Å². The molecule has 1 atom stereocenters. The normalized spacial score (nSPS) is 12.3. The summed E-state index contributed by atoms with van der Waals surface area (Å²) < 4.78 is 13.0. The van der Waals surface area contributed by atoms with Crippen molar-refractivity contribution in [2.24, 2.45) is 0 Å². The summed E-state index contributed by atoms with van der Waals surface area (Å²) in [5.74, 6) is 0.349. The van der Waals surface area contributed by atoms with Crippen LogP contribution in [-0.4, -0.2) is 17.6 Å². The maximum Gasteiger partial charge on any atom is 0.123 e. The second-order valence-corrected chi connectivity index (χ2v) is 5.27. The molecule has 0 aliphatic heterocycles. The van der Waals surface area contributed by atoms with Crippen LogP contribution in [-0.2, 0) is 12.8 Å². The molecule has 1 aromatic carbocycles.